The molecule has 0 unspecified atom stereocenters. The second-order valence-electron chi connectivity index (χ2n) is 4.95. The summed E-state index contributed by atoms with van der Waals surface area (Å²) >= 11 is 0. The molecule has 0 aliphatic carbocycles. The van der Waals surface area contributed by atoms with Gasteiger partial charge in [-0.25, -0.2) is 4.68 Å². The Morgan fingerprint density at radius 2 is 1.79 bits per heavy atom. The van der Waals surface area contributed by atoms with Crippen LogP contribution >= 0.6 is 0 Å². The minimum atomic E-state index is -0.293. The minimum Gasteiger partial charge on any atom is -0.332 e. The number of hydrogen-bond acceptors (Lipinski definition) is 6. The van der Waals surface area contributed by atoms with Crippen molar-refractivity contribution >= 4 is 0 Å². The van der Waals surface area contributed by atoms with Gasteiger partial charge in [-0.1, -0.05) is 29.4 Å². The molecular weight excluding hydrogens is 306 g/mol. The Balaban J connectivity index is 1.77. The van der Waals surface area contributed by atoms with Crippen molar-refractivity contribution in [2.75, 3.05) is 0 Å². The zero-order valence-corrected chi connectivity index (χ0v) is 12.4. The summed E-state index contributed by atoms with van der Waals surface area (Å²) < 4.78 is 6.78. The fourth-order valence-corrected chi connectivity index (χ4v) is 2.20. The zero-order chi connectivity index (χ0) is 16.4. The lowest BCUT2D eigenvalue weighted by atomic mass is 10.3. The molecule has 3 aromatic heterocycles. The average Bonchev–Trinajstić information content (AvgIpc) is 3.13. The number of pyridine rings is 1. The van der Waals surface area contributed by atoms with E-state index in [0.29, 0.717) is 11.5 Å². The van der Waals surface area contributed by atoms with Gasteiger partial charge in [0.2, 0.25) is 11.3 Å². The predicted octanol–water partition coefficient (Wildman–Crippen LogP) is 2.34. The van der Waals surface area contributed by atoms with Gasteiger partial charge in [-0.05, 0) is 24.3 Å². The van der Waals surface area contributed by atoms with Crippen molar-refractivity contribution in [2.45, 2.75) is 0 Å². The van der Waals surface area contributed by atoms with Crippen LogP contribution in [0, 0.1) is 0 Å². The molecule has 0 aliphatic heterocycles. The molecule has 116 valence electrons. The highest BCUT2D eigenvalue weighted by Gasteiger charge is 2.16. The Kier molecular flexibility index (Phi) is 3.43. The Morgan fingerprint density at radius 1 is 0.958 bits per heavy atom. The van der Waals surface area contributed by atoms with Crippen molar-refractivity contribution < 1.29 is 4.52 Å². The maximum atomic E-state index is 12.1. The van der Waals surface area contributed by atoms with Crippen LogP contribution in [0.1, 0.15) is 0 Å². The first-order chi connectivity index (χ1) is 11.8. The Morgan fingerprint density at radius 3 is 2.58 bits per heavy atom. The van der Waals surface area contributed by atoms with Crippen LogP contribution in [0.25, 0.3) is 28.8 Å². The molecule has 4 aromatic rings. The summed E-state index contributed by atoms with van der Waals surface area (Å²) in [6.45, 7) is 0. The number of nitrogens with zero attached hydrogens (tertiary/aromatic N) is 5. The topological polar surface area (TPSA) is 86.7 Å². The number of para-hydroxylation sites is 1. The third-order valence-corrected chi connectivity index (χ3v) is 3.35. The molecule has 0 spiro atoms. The fraction of sp³-hybridized carbons (Fsp3) is 0. The molecule has 3 heterocycles. The van der Waals surface area contributed by atoms with Crippen LogP contribution in [0.4, 0.5) is 0 Å². The largest absolute Gasteiger partial charge is 0.332 e. The second-order valence-corrected chi connectivity index (χ2v) is 4.95. The summed E-state index contributed by atoms with van der Waals surface area (Å²) in [7, 11) is 0. The third-order valence-electron chi connectivity index (χ3n) is 3.35. The Labute approximate surface area is 136 Å². The van der Waals surface area contributed by atoms with E-state index in [9.17, 15) is 4.79 Å². The SMILES string of the molecule is O=c1ccn(-c2ccccc2)nc1-c1nc(-c2ccccn2)no1. The van der Waals surface area contributed by atoms with E-state index in [0.717, 1.165) is 5.69 Å². The molecule has 0 bridgehead atoms. The van der Waals surface area contributed by atoms with Gasteiger partial charge in [-0.15, -0.1) is 0 Å². The van der Waals surface area contributed by atoms with Crippen molar-refractivity contribution in [3.63, 3.8) is 0 Å². The van der Waals surface area contributed by atoms with Gasteiger partial charge in [0.1, 0.15) is 5.69 Å². The lowest BCUT2D eigenvalue weighted by molar-refractivity contribution is 0.429. The van der Waals surface area contributed by atoms with Crippen molar-refractivity contribution in [2.24, 2.45) is 0 Å². The normalized spacial score (nSPS) is 10.7. The molecular formula is C17H11N5O2. The number of benzene rings is 1. The lowest BCUT2D eigenvalue weighted by Gasteiger charge is -2.04. The molecule has 24 heavy (non-hydrogen) atoms. The summed E-state index contributed by atoms with van der Waals surface area (Å²) in [6.07, 6.45) is 3.23. The maximum Gasteiger partial charge on any atom is 0.282 e. The van der Waals surface area contributed by atoms with E-state index < -0.39 is 0 Å². The molecule has 0 N–H and O–H groups in total. The standard InChI is InChI=1S/C17H11N5O2/c23-14-9-11-22(12-6-2-1-3-7-12)20-15(14)17-19-16(21-24-17)13-8-4-5-10-18-13/h1-11H. The van der Waals surface area contributed by atoms with Crippen LogP contribution in [0.3, 0.4) is 0 Å². The van der Waals surface area contributed by atoms with Crippen LogP contribution < -0.4 is 5.43 Å². The van der Waals surface area contributed by atoms with Crippen LogP contribution in [0.15, 0.2) is 76.3 Å². The highest BCUT2D eigenvalue weighted by atomic mass is 16.5. The fourth-order valence-electron chi connectivity index (χ4n) is 2.20. The highest BCUT2D eigenvalue weighted by Crippen LogP contribution is 2.17. The monoisotopic (exact) mass is 317 g/mol. The van der Waals surface area contributed by atoms with Gasteiger partial charge in [0.05, 0.1) is 5.69 Å². The van der Waals surface area contributed by atoms with Gasteiger partial charge >= 0.3 is 0 Å². The molecule has 4 rings (SSSR count). The van der Waals surface area contributed by atoms with E-state index in [1.807, 2.05) is 36.4 Å². The first-order valence-electron chi connectivity index (χ1n) is 7.22. The van der Waals surface area contributed by atoms with Crippen molar-refractivity contribution in [3.8, 4) is 28.8 Å². The summed E-state index contributed by atoms with van der Waals surface area (Å²) in [5.74, 6) is 0.368. The molecule has 0 fully saturated rings. The van der Waals surface area contributed by atoms with E-state index in [4.69, 9.17) is 4.52 Å². The second kappa shape index (κ2) is 5.88. The van der Waals surface area contributed by atoms with E-state index in [1.54, 1.807) is 29.2 Å². The average molecular weight is 317 g/mol. The molecule has 0 saturated heterocycles. The first-order valence-corrected chi connectivity index (χ1v) is 7.22. The van der Waals surface area contributed by atoms with Gasteiger partial charge < -0.3 is 4.52 Å². The Bertz CT molecular complexity index is 1030. The Hall–Kier alpha value is -3.61. The van der Waals surface area contributed by atoms with Gasteiger partial charge in [0.25, 0.3) is 5.89 Å². The number of rotatable bonds is 3. The number of aromatic nitrogens is 5. The quantitative estimate of drug-likeness (QED) is 0.576. The van der Waals surface area contributed by atoms with Crippen molar-refractivity contribution in [1.29, 1.82) is 0 Å². The molecule has 0 amide bonds. The summed E-state index contributed by atoms with van der Waals surface area (Å²) in [5.41, 5.74) is 1.18. The van der Waals surface area contributed by atoms with E-state index in [1.165, 1.54) is 6.07 Å². The molecule has 1 aromatic carbocycles. The van der Waals surface area contributed by atoms with E-state index in [2.05, 4.69) is 20.2 Å². The van der Waals surface area contributed by atoms with E-state index >= 15 is 0 Å². The first kappa shape index (κ1) is 14.0. The summed E-state index contributed by atoms with van der Waals surface area (Å²) in [5, 5.41) is 8.18. The smallest absolute Gasteiger partial charge is 0.282 e. The summed E-state index contributed by atoms with van der Waals surface area (Å²) in [6, 6.07) is 16.2. The predicted molar refractivity (Wildman–Crippen MR) is 86.4 cm³/mol. The lowest BCUT2D eigenvalue weighted by Crippen LogP contribution is -2.12. The van der Waals surface area contributed by atoms with Crippen LogP contribution in [0.2, 0.25) is 0 Å². The van der Waals surface area contributed by atoms with Gasteiger partial charge in [0.15, 0.2) is 5.69 Å². The van der Waals surface area contributed by atoms with Gasteiger partial charge in [0, 0.05) is 18.5 Å². The van der Waals surface area contributed by atoms with Crippen molar-refractivity contribution in [3.05, 3.63) is 77.2 Å². The molecule has 0 radical (unpaired) electrons. The zero-order valence-electron chi connectivity index (χ0n) is 12.4. The molecule has 7 nitrogen and oxygen atoms in total. The van der Waals surface area contributed by atoms with Crippen LogP contribution in [0.5, 0.6) is 0 Å². The minimum absolute atomic E-state index is 0.0611. The number of hydrogen-bond donors (Lipinski definition) is 0. The van der Waals surface area contributed by atoms with Gasteiger partial charge in [-0.3, -0.25) is 9.78 Å². The molecule has 0 atom stereocenters. The maximum absolute atomic E-state index is 12.1. The molecule has 0 aliphatic rings. The van der Waals surface area contributed by atoms with Crippen molar-refractivity contribution in [1.82, 2.24) is 24.9 Å². The van der Waals surface area contributed by atoms with E-state index in [-0.39, 0.29) is 17.0 Å². The molecule has 7 heteroatoms. The van der Waals surface area contributed by atoms with Crippen LogP contribution in [-0.2, 0) is 0 Å². The van der Waals surface area contributed by atoms with Gasteiger partial charge in [-0.2, -0.15) is 10.1 Å². The molecule has 0 saturated carbocycles. The highest BCUT2D eigenvalue weighted by molar-refractivity contribution is 5.53. The third kappa shape index (κ3) is 2.58. The van der Waals surface area contributed by atoms with Crippen LogP contribution in [-0.4, -0.2) is 24.9 Å². The summed E-state index contributed by atoms with van der Waals surface area (Å²) in [4.78, 5) is 20.5.